The maximum absolute atomic E-state index is 11.6. The van der Waals surface area contributed by atoms with Gasteiger partial charge in [0.25, 0.3) is 0 Å². The first-order valence-corrected chi connectivity index (χ1v) is 5.47. The van der Waals surface area contributed by atoms with Crippen LogP contribution in [0.5, 0.6) is 0 Å². The van der Waals surface area contributed by atoms with Gasteiger partial charge in [-0.3, -0.25) is 9.63 Å². The zero-order chi connectivity index (χ0) is 11.5. The quantitative estimate of drug-likeness (QED) is 0.577. The van der Waals surface area contributed by atoms with Crippen molar-refractivity contribution < 1.29 is 14.4 Å². The first-order chi connectivity index (χ1) is 6.87. The summed E-state index contributed by atoms with van der Waals surface area (Å²) in [6.07, 6.45) is 4.10. The number of rotatable bonds is 3. The van der Waals surface area contributed by atoms with Crippen LogP contribution in [0.15, 0.2) is 0 Å². The highest BCUT2D eigenvalue weighted by molar-refractivity contribution is 5.71. The zero-order valence-corrected chi connectivity index (χ0v) is 9.84. The molecule has 4 nitrogen and oxygen atoms in total. The number of esters is 1. The van der Waals surface area contributed by atoms with Gasteiger partial charge in [-0.05, 0) is 33.6 Å². The molecule has 1 saturated carbocycles. The molecule has 1 aliphatic rings. The van der Waals surface area contributed by atoms with Crippen molar-refractivity contribution in [2.24, 2.45) is 5.90 Å². The van der Waals surface area contributed by atoms with Crippen molar-refractivity contribution >= 4 is 5.97 Å². The van der Waals surface area contributed by atoms with Gasteiger partial charge in [0.2, 0.25) is 0 Å². The molecule has 0 radical (unpaired) electrons. The molecule has 0 aliphatic heterocycles. The van der Waals surface area contributed by atoms with Gasteiger partial charge in [0, 0.05) is 0 Å². The van der Waals surface area contributed by atoms with Crippen LogP contribution in [-0.4, -0.2) is 17.2 Å². The summed E-state index contributed by atoms with van der Waals surface area (Å²) in [5.74, 6) is 5.05. The minimum absolute atomic E-state index is 0.227. The maximum Gasteiger partial charge on any atom is 0.309 e. The standard InChI is InChI=1S/C11H21NO3/c1-10(2,3)14-9(13)8-11(15-12)6-4-5-7-11/h4-8,12H2,1-3H3. The SMILES string of the molecule is CC(C)(C)OC(=O)CC1(ON)CCCC1. The number of nitrogens with two attached hydrogens (primary N) is 1. The Morgan fingerprint density at radius 2 is 1.87 bits per heavy atom. The van der Waals surface area contributed by atoms with Crippen molar-refractivity contribution in [3.63, 3.8) is 0 Å². The fourth-order valence-corrected chi connectivity index (χ4v) is 2.00. The van der Waals surface area contributed by atoms with E-state index in [4.69, 9.17) is 15.5 Å². The van der Waals surface area contributed by atoms with Gasteiger partial charge in [-0.2, -0.15) is 0 Å². The Kier molecular flexibility index (Phi) is 3.73. The molecule has 0 aromatic heterocycles. The summed E-state index contributed by atoms with van der Waals surface area (Å²) >= 11 is 0. The summed E-state index contributed by atoms with van der Waals surface area (Å²) in [4.78, 5) is 16.6. The molecule has 0 aromatic rings. The van der Waals surface area contributed by atoms with E-state index >= 15 is 0 Å². The van der Waals surface area contributed by atoms with E-state index in [1.807, 2.05) is 20.8 Å². The lowest BCUT2D eigenvalue weighted by atomic mass is 9.98. The van der Waals surface area contributed by atoms with Crippen molar-refractivity contribution in [3.05, 3.63) is 0 Å². The maximum atomic E-state index is 11.6. The van der Waals surface area contributed by atoms with Gasteiger partial charge in [-0.15, -0.1) is 0 Å². The van der Waals surface area contributed by atoms with Crippen LogP contribution in [0.3, 0.4) is 0 Å². The van der Waals surface area contributed by atoms with E-state index in [0.29, 0.717) is 0 Å². The molecule has 88 valence electrons. The highest BCUT2D eigenvalue weighted by atomic mass is 16.6. The molecule has 0 amide bonds. The molecule has 2 N–H and O–H groups in total. The lowest BCUT2D eigenvalue weighted by Gasteiger charge is -2.27. The topological polar surface area (TPSA) is 61.5 Å². The summed E-state index contributed by atoms with van der Waals surface area (Å²) in [5, 5.41) is 0. The summed E-state index contributed by atoms with van der Waals surface area (Å²) in [6.45, 7) is 5.57. The lowest BCUT2D eigenvalue weighted by molar-refractivity contribution is -0.163. The van der Waals surface area contributed by atoms with Crippen LogP contribution in [0.25, 0.3) is 0 Å². The molecule has 15 heavy (non-hydrogen) atoms. The molecule has 1 aliphatic carbocycles. The van der Waals surface area contributed by atoms with Crippen molar-refractivity contribution in [1.82, 2.24) is 0 Å². The Labute approximate surface area is 91.1 Å². The average molecular weight is 215 g/mol. The summed E-state index contributed by atoms with van der Waals surface area (Å²) < 4.78 is 5.25. The monoisotopic (exact) mass is 215 g/mol. The number of ether oxygens (including phenoxy) is 1. The van der Waals surface area contributed by atoms with E-state index in [9.17, 15) is 4.79 Å². The van der Waals surface area contributed by atoms with Crippen LogP contribution in [-0.2, 0) is 14.4 Å². The second-order valence-corrected chi connectivity index (χ2v) is 5.27. The molecule has 0 unspecified atom stereocenters. The molecular formula is C11H21NO3. The van der Waals surface area contributed by atoms with Crippen LogP contribution < -0.4 is 5.90 Å². The molecule has 4 heteroatoms. The van der Waals surface area contributed by atoms with Crippen LogP contribution in [0, 0.1) is 0 Å². The Morgan fingerprint density at radius 1 is 1.33 bits per heavy atom. The normalized spacial score (nSPS) is 20.3. The molecule has 0 atom stereocenters. The van der Waals surface area contributed by atoms with Gasteiger partial charge in [0.1, 0.15) is 5.60 Å². The van der Waals surface area contributed by atoms with Gasteiger partial charge in [-0.1, -0.05) is 12.8 Å². The number of carbonyl (C=O) groups is 1. The molecule has 0 spiro atoms. The number of carbonyl (C=O) groups excluding carboxylic acids is 1. The fraction of sp³-hybridized carbons (Fsp3) is 0.909. The van der Waals surface area contributed by atoms with Gasteiger partial charge < -0.3 is 4.74 Å². The summed E-state index contributed by atoms with van der Waals surface area (Å²) in [5.41, 5.74) is -0.909. The van der Waals surface area contributed by atoms with E-state index in [0.717, 1.165) is 25.7 Å². The van der Waals surface area contributed by atoms with Crippen LogP contribution in [0.2, 0.25) is 0 Å². The highest BCUT2D eigenvalue weighted by Gasteiger charge is 2.38. The third-order valence-corrected chi connectivity index (χ3v) is 2.65. The summed E-state index contributed by atoms with van der Waals surface area (Å²) in [6, 6.07) is 0. The molecule has 0 bridgehead atoms. The molecule has 1 rings (SSSR count). The van der Waals surface area contributed by atoms with Crippen molar-refractivity contribution in [1.29, 1.82) is 0 Å². The summed E-state index contributed by atoms with van der Waals surface area (Å²) in [7, 11) is 0. The molecule has 0 saturated heterocycles. The first kappa shape index (κ1) is 12.5. The van der Waals surface area contributed by atoms with Crippen LogP contribution >= 0.6 is 0 Å². The molecular weight excluding hydrogens is 194 g/mol. The highest BCUT2D eigenvalue weighted by Crippen LogP contribution is 2.35. The van der Waals surface area contributed by atoms with Crippen molar-refractivity contribution in [2.75, 3.05) is 0 Å². The zero-order valence-electron chi connectivity index (χ0n) is 9.84. The largest absolute Gasteiger partial charge is 0.460 e. The van der Waals surface area contributed by atoms with Gasteiger partial charge in [0.15, 0.2) is 0 Å². The third kappa shape index (κ3) is 3.80. The predicted octanol–water partition coefficient (Wildman–Crippen LogP) is 1.92. The Balaban J connectivity index is 2.49. The van der Waals surface area contributed by atoms with E-state index in [-0.39, 0.29) is 12.4 Å². The minimum Gasteiger partial charge on any atom is -0.460 e. The lowest BCUT2D eigenvalue weighted by Crippen LogP contribution is -2.37. The second-order valence-electron chi connectivity index (χ2n) is 5.27. The van der Waals surface area contributed by atoms with Gasteiger partial charge in [0.05, 0.1) is 12.0 Å². The third-order valence-electron chi connectivity index (χ3n) is 2.65. The fourth-order valence-electron chi connectivity index (χ4n) is 2.00. The first-order valence-electron chi connectivity index (χ1n) is 5.47. The van der Waals surface area contributed by atoms with Crippen molar-refractivity contribution in [3.8, 4) is 0 Å². The number of hydrogen-bond acceptors (Lipinski definition) is 4. The van der Waals surface area contributed by atoms with E-state index in [1.165, 1.54) is 0 Å². The van der Waals surface area contributed by atoms with E-state index in [1.54, 1.807) is 0 Å². The van der Waals surface area contributed by atoms with Gasteiger partial charge in [-0.25, -0.2) is 5.90 Å². The van der Waals surface area contributed by atoms with Gasteiger partial charge >= 0.3 is 5.97 Å². The number of hydrogen-bond donors (Lipinski definition) is 1. The Bertz CT molecular complexity index is 226. The van der Waals surface area contributed by atoms with Crippen molar-refractivity contribution in [2.45, 2.75) is 64.1 Å². The molecule has 0 aromatic carbocycles. The Hall–Kier alpha value is -0.610. The van der Waals surface area contributed by atoms with E-state index in [2.05, 4.69) is 0 Å². The smallest absolute Gasteiger partial charge is 0.309 e. The average Bonchev–Trinajstić information content (AvgIpc) is 2.50. The second kappa shape index (κ2) is 4.49. The minimum atomic E-state index is -0.470. The van der Waals surface area contributed by atoms with Crippen LogP contribution in [0.1, 0.15) is 52.9 Å². The molecule has 1 fully saturated rings. The van der Waals surface area contributed by atoms with E-state index < -0.39 is 11.2 Å². The molecule has 0 heterocycles. The Morgan fingerprint density at radius 3 is 2.27 bits per heavy atom. The predicted molar refractivity (Wildman–Crippen MR) is 56.9 cm³/mol. The van der Waals surface area contributed by atoms with Crippen LogP contribution in [0.4, 0.5) is 0 Å².